The molecule has 1 aliphatic rings. The summed E-state index contributed by atoms with van der Waals surface area (Å²) < 4.78 is 0. The minimum Gasteiger partial charge on any atom is -0.353 e. The Balaban J connectivity index is 2.06. The first-order valence-electron chi connectivity index (χ1n) is 4.44. The number of hydrogen-bond acceptors (Lipinski definition) is 4. The predicted molar refractivity (Wildman–Crippen MR) is 60.5 cm³/mol. The normalized spacial score (nSPS) is 28.2. The van der Waals surface area contributed by atoms with Gasteiger partial charge in [0.2, 0.25) is 5.91 Å². The summed E-state index contributed by atoms with van der Waals surface area (Å²) in [5.41, 5.74) is 6.95. The first-order chi connectivity index (χ1) is 6.77. The Bertz CT molecular complexity index is 313. The Morgan fingerprint density at radius 3 is 3.14 bits per heavy atom. The summed E-state index contributed by atoms with van der Waals surface area (Å²) in [7, 11) is 0. The van der Waals surface area contributed by atoms with E-state index in [9.17, 15) is 4.79 Å². The largest absolute Gasteiger partial charge is 0.353 e. The zero-order valence-corrected chi connectivity index (χ0v) is 9.24. The van der Waals surface area contributed by atoms with Gasteiger partial charge in [0.1, 0.15) is 0 Å². The van der Waals surface area contributed by atoms with Crippen molar-refractivity contribution < 1.29 is 4.79 Å². The molecule has 14 heavy (non-hydrogen) atoms. The third-order valence-corrected chi connectivity index (χ3v) is 4.28. The third kappa shape index (κ3) is 2.10. The second kappa shape index (κ2) is 4.33. The molecule has 0 bridgehead atoms. The topological polar surface area (TPSA) is 55.1 Å². The zero-order chi connectivity index (χ0) is 9.97. The Labute approximate surface area is 91.1 Å². The van der Waals surface area contributed by atoms with Gasteiger partial charge in [0.05, 0.1) is 6.04 Å². The molecule has 1 amide bonds. The second-order valence-electron chi connectivity index (χ2n) is 3.23. The van der Waals surface area contributed by atoms with E-state index in [0.29, 0.717) is 17.5 Å². The van der Waals surface area contributed by atoms with Crippen molar-refractivity contribution in [2.24, 2.45) is 5.73 Å². The fraction of sp³-hybridized carbons (Fsp3) is 0.444. The summed E-state index contributed by atoms with van der Waals surface area (Å²) in [6, 6.07) is 1.74. The summed E-state index contributed by atoms with van der Waals surface area (Å²) in [6.45, 7) is 0.688. The fourth-order valence-electron chi connectivity index (χ4n) is 1.35. The van der Waals surface area contributed by atoms with Crippen LogP contribution in [0.4, 0.5) is 0 Å². The fourth-order valence-corrected chi connectivity index (χ4v) is 3.28. The average Bonchev–Trinajstić information content (AvgIpc) is 2.65. The van der Waals surface area contributed by atoms with Gasteiger partial charge in [-0.3, -0.25) is 4.79 Å². The molecule has 1 unspecified atom stereocenters. The lowest BCUT2D eigenvalue weighted by atomic mass is 10.2. The number of thioether (sulfide) groups is 1. The van der Waals surface area contributed by atoms with E-state index in [1.807, 2.05) is 0 Å². The van der Waals surface area contributed by atoms with Gasteiger partial charge in [-0.2, -0.15) is 11.3 Å². The van der Waals surface area contributed by atoms with E-state index < -0.39 is 0 Å². The first kappa shape index (κ1) is 10.0. The van der Waals surface area contributed by atoms with Crippen LogP contribution in [-0.2, 0) is 4.79 Å². The highest BCUT2D eigenvalue weighted by atomic mass is 32.2. The Morgan fingerprint density at radius 1 is 1.57 bits per heavy atom. The highest BCUT2D eigenvalue weighted by Gasteiger charge is 2.23. The summed E-state index contributed by atoms with van der Waals surface area (Å²) in [6.07, 6.45) is 0. The summed E-state index contributed by atoms with van der Waals surface area (Å²) in [5, 5.41) is 7.40. The van der Waals surface area contributed by atoms with E-state index in [0.717, 1.165) is 0 Å². The number of amides is 1. The van der Waals surface area contributed by atoms with E-state index in [1.165, 1.54) is 5.56 Å². The van der Waals surface area contributed by atoms with Gasteiger partial charge < -0.3 is 11.1 Å². The minimum absolute atomic E-state index is 0.0322. The Kier molecular flexibility index (Phi) is 3.10. The van der Waals surface area contributed by atoms with E-state index in [1.54, 1.807) is 23.1 Å². The molecule has 3 nitrogen and oxygen atoms in total. The van der Waals surface area contributed by atoms with Crippen LogP contribution in [0, 0.1) is 0 Å². The zero-order valence-electron chi connectivity index (χ0n) is 7.60. The van der Waals surface area contributed by atoms with E-state index in [-0.39, 0.29) is 11.9 Å². The molecule has 1 aliphatic heterocycles. The molecule has 1 saturated heterocycles. The lowest BCUT2D eigenvalue weighted by Gasteiger charge is -2.10. The SMILES string of the molecule is N[C@H]1CSC(c2ccsc2)CNC1=O. The molecular formula is C9H12N2OS2. The maximum Gasteiger partial charge on any atom is 0.237 e. The second-order valence-corrected chi connectivity index (χ2v) is 5.25. The molecule has 0 spiro atoms. The Hall–Kier alpha value is -0.520. The number of thiophene rings is 1. The first-order valence-corrected chi connectivity index (χ1v) is 6.43. The van der Waals surface area contributed by atoms with Crippen molar-refractivity contribution in [3.8, 4) is 0 Å². The van der Waals surface area contributed by atoms with Crippen LogP contribution in [-0.4, -0.2) is 24.2 Å². The molecule has 2 heterocycles. The summed E-state index contributed by atoms with van der Waals surface area (Å²) in [5.74, 6) is 0.669. The molecule has 2 atom stereocenters. The van der Waals surface area contributed by atoms with Crippen molar-refractivity contribution >= 4 is 29.0 Å². The molecule has 0 aliphatic carbocycles. The molecule has 1 fully saturated rings. The molecule has 1 aromatic heterocycles. The van der Waals surface area contributed by atoms with Crippen molar-refractivity contribution in [1.29, 1.82) is 0 Å². The quantitative estimate of drug-likeness (QED) is 0.753. The van der Waals surface area contributed by atoms with Crippen molar-refractivity contribution in [3.63, 3.8) is 0 Å². The van der Waals surface area contributed by atoms with Gasteiger partial charge in [0.15, 0.2) is 0 Å². The molecular weight excluding hydrogens is 216 g/mol. The lowest BCUT2D eigenvalue weighted by molar-refractivity contribution is -0.121. The molecule has 5 heteroatoms. The number of carbonyl (C=O) groups is 1. The monoisotopic (exact) mass is 228 g/mol. The molecule has 3 N–H and O–H groups in total. The van der Waals surface area contributed by atoms with Crippen LogP contribution in [0.5, 0.6) is 0 Å². The van der Waals surface area contributed by atoms with Crippen LogP contribution < -0.4 is 11.1 Å². The van der Waals surface area contributed by atoms with Gasteiger partial charge in [-0.15, -0.1) is 11.8 Å². The molecule has 76 valence electrons. The van der Waals surface area contributed by atoms with Gasteiger partial charge in [-0.05, 0) is 22.4 Å². The summed E-state index contributed by atoms with van der Waals surface area (Å²) in [4.78, 5) is 11.3. The van der Waals surface area contributed by atoms with Crippen LogP contribution >= 0.6 is 23.1 Å². The lowest BCUT2D eigenvalue weighted by Crippen LogP contribution is -2.40. The smallest absolute Gasteiger partial charge is 0.237 e. The molecule has 1 aromatic rings. The van der Waals surface area contributed by atoms with E-state index in [2.05, 4.69) is 22.1 Å². The van der Waals surface area contributed by atoms with Gasteiger partial charge in [-0.25, -0.2) is 0 Å². The number of nitrogens with two attached hydrogens (primary N) is 1. The minimum atomic E-state index is -0.358. The highest BCUT2D eigenvalue weighted by molar-refractivity contribution is 7.99. The van der Waals surface area contributed by atoms with Crippen molar-refractivity contribution in [1.82, 2.24) is 5.32 Å². The van der Waals surface area contributed by atoms with Crippen LogP contribution in [0.2, 0.25) is 0 Å². The molecule has 0 aromatic carbocycles. The van der Waals surface area contributed by atoms with Gasteiger partial charge in [-0.1, -0.05) is 0 Å². The number of hydrogen-bond donors (Lipinski definition) is 2. The van der Waals surface area contributed by atoms with Crippen molar-refractivity contribution in [2.45, 2.75) is 11.3 Å². The van der Waals surface area contributed by atoms with Crippen LogP contribution in [0.15, 0.2) is 16.8 Å². The van der Waals surface area contributed by atoms with Gasteiger partial charge in [0.25, 0.3) is 0 Å². The van der Waals surface area contributed by atoms with Crippen LogP contribution in [0.3, 0.4) is 0 Å². The average molecular weight is 228 g/mol. The van der Waals surface area contributed by atoms with Crippen molar-refractivity contribution in [3.05, 3.63) is 22.4 Å². The van der Waals surface area contributed by atoms with Gasteiger partial charge in [0, 0.05) is 17.5 Å². The van der Waals surface area contributed by atoms with Crippen molar-refractivity contribution in [2.75, 3.05) is 12.3 Å². The van der Waals surface area contributed by atoms with Crippen LogP contribution in [0.25, 0.3) is 0 Å². The third-order valence-electron chi connectivity index (χ3n) is 2.19. The molecule has 0 radical (unpaired) electrons. The number of carbonyl (C=O) groups excluding carboxylic acids is 1. The van der Waals surface area contributed by atoms with E-state index in [4.69, 9.17) is 5.73 Å². The maximum absolute atomic E-state index is 11.3. The van der Waals surface area contributed by atoms with E-state index >= 15 is 0 Å². The van der Waals surface area contributed by atoms with Crippen LogP contribution in [0.1, 0.15) is 10.8 Å². The Morgan fingerprint density at radius 2 is 2.43 bits per heavy atom. The molecule has 2 rings (SSSR count). The molecule has 0 saturated carbocycles. The highest BCUT2D eigenvalue weighted by Crippen LogP contribution is 2.31. The maximum atomic E-state index is 11.3. The van der Waals surface area contributed by atoms with Gasteiger partial charge >= 0.3 is 0 Å². The summed E-state index contributed by atoms with van der Waals surface area (Å²) >= 11 is 3.44. The predicted octanol–water partition coefficient (Wildman–Crippen LogP) is 0.979. The number of rotatable bonds is 1. The standard InChI is InChI=1S/C9H12N2OS2/c10-7-5-14-8(3-11-9(7)12)6-1-2-13-4-6/h1-2,4,7-8H,3,5,10H2,(H,11,12)/t7-,8?/m0/s1. The number of nitrogens with one attached hydrogen (secondary N) is 1.